The predicted molar refractivity (Wildman–Crippen MR) is 136 cm³/mol. The fraction of sp³-hybridized carbons (Fsp3) is 0.222. The van der Waals surface area contributed by atoms with Crippen LogP contribution in [0.3, 0.4) is 0 Å². The molecule has 0 radical (unpaired) electrons. The van der Waals surface area contributed by atoms with Gasteiger partial charge in [-0.05, 0) is 67.0 Å². The summed E-state index contributed by atoms with van der Waals surface area (Å²) in [5.74, 6) is -0.974. The van der Waals surface area contributed by atoms with E-state index in [2.05, 4.69) is 0 Å². The lowest BCUT2D eigenvalue weighted by molar-refractivity contribution is -0.137. The van der Waals surface area contributed by atoms with E-state index in [0.717, 1.165) is 28.2 Å². The van der Waals surface area contributed by atoms with Crippen LogP contribution in [-0.2, 0) is 17.4 Å². The minimum atomic E-state index is -4.76. The van der Waals surface area contributed by atoms with Crippen LogP contribution in [0.5, 0.6) is 0 Å². The first-order chi connectivity index (χ1) is 17.1. The van der Waals surface area contributed by atoms with Gasteiger partial charge < -0.3 is 4.90 Å². The molecule has 0 aliphatic carbocycles. The Bertz CT molecular complexity index is 1320. The summed E-state index contributed by atoms with van der Waals surface area (Å²) in [5, 5.41) is 9.86. The third kappa shape index (κ3) is 5.23. The van der Waals surface area contributed by atoms with E-state index in [4.69, 9.17) is 23.8 Å². The summed E-state index contributed by atoms with van der Waals surface area (Å²) in [6.45, 7) is 2.24. The SMILES string of the molecule is C[C@H](c1ccccc1)N1C[C@@H](Cc2ccc(Cl)cc2)C(=O)N(c2ccc(C#N)c(C(F)(F)F)c2)C1=S. The first-order valence-electron chi connectivity index (χ1n) is 11.2. The van der Waals surface area contributed by atoms with Gasteiger partial charge in [-0.3, -0.25) is 9.69 Å². The van der Waals surface area contributed by atoms with Crippen LogP contribution in [-0.4, -0.2) is 22.5 Å². The highest BCUT2D eigenvalue weighted by atomic mass is 35.5. The van der Waals surface area contributed by atoms with Crippen molar-refractivity contribution in [3.63, 3.8) is 0 Å². The molecule has 1 saturated heterocycles. The van der Waals surface area contributed by atoms with Gasteiger partial charge in [0.25, 0.3) is 0 Å². The number of nitrogens with zero attached hydrogens (tertiary/aromatic N) is 3. The van der Waals surface area contributed by atoms with Gasteiger partial charge in [0.15, 0.2) is 5.11 Å². The number of alkyl halides is 3. The minimum absolute atomic E-state index is 0.0256. The minimum Gasteiger partial charge on any atom is -0.341 e. The van der Waals surface area contributed by atoms with Gasteiger partial charge in [0.1, 0.15) is 0 Å². The summed E-state index contributed by atoms with van der Waals surface area (Å²) in [6.07, 6.45) is -4.41. The van der Waals surface area contributed by atoms with Crippen molar-refractivity contribution in [2.75, 3.05) is 11.4 Å². The average molecular weight is 528 g/mol. The Kier molecular flexibility index (Phi) is 7.34. The lowest BCUT2D eigenvalue weighted by atomic mass is 9.93. The molecule has 4 nitrogen and oxygen atoms in total. The average Bonchev–Trinajstić information content (AvgIpc) is 2.86. The maximum absolute atomic E-state index is 13.7. The van der Waals surface area contributed by atoms with Crippen molar-refractivity contribution >= 4 is 40.5 Å². The van der Waals surface area contributed by atoms with Crippen LogP contribution in [0, 0.1) is 17.2 Å². The van der Waals surface area contributed by atoms with Gasteiger partial charge in [0, 0.05) is 11.6 Å². The molecular formula is C27H21ClF3N3OS. The van der Waals surface area contributed by atoms with Crippen LogP contribution in [0.4, 0.5) is 18.9 Å². The number of carbonyl (C=O) groups is 1. The molecular weight excluding hydrogens is 507 g/mol. The normalized spacial score (nSPS) is 17.2. The second kappa shape index (κ2) is 10.3. The first kappa shape index (κ1) is 25.7. The van der Waals surface area contributed by atoms with Gasteiger partial charge in [0.2, 0.25) is 5.91 Å². The van der Waals surface area contributed by atoms with E-state index in [-0.39, 0.29) is 16.8 Å². The van der Waals surface area contributed by atoms with Crippen LogP contribution < -0.4 is 4.90 Å². The van der Waals surface area contributed by atoms with Gasteiger partial charge in [-0.15, -0.1) is 0 Å². The Morgan fingerprint density at radius 2 is 1.78 bits per heavy atom. The molecule has 0 saturated carbocycles. The number of hydrogen-bond acceptors (Lipinski definition) is 3. The summed E-state index contributed by atoms with van der Waals surface area (Å²) >= 11 is 11.7. The fourth-order valence-corrected chi connectivity index (χ4v) is 4.89. The first-order valence-corrected chi connectivity index (χ1v) is 11.9. The molecule has 1 fully saturated rings. The lowest BCUT2D eigenvalue weighted by Crippen LogP contribution is -2.58. The molecule has 0 N–H and O–H groups in total. The highest BCUT2D eigenvalue weighted by Crippen LogP contribution is 2.37. The van der Waals surface area contributed by atoms with E-state index in [9.17, 15) is 23.2 Å². The van der Waals surface area contributed by atoms with Crippen LogP contribution in [0.1, 0.15) is 35.2 Å². The van der Waals surface area contributed by atoms with Crippen molar-refractivity contribution in [1.29, 1.82) is 5.26 Å². The smallest absolute Gasteiger partial charge is 0.341 e. The largest absolute Gasteiger partial charge is 0.417 e. The maximum atomic E-state index is 13.7. The lowest BCUT2D eigenvalue weighted by Gasteiger charge is -2.44. The zero-order valence-electron chi connectivity index (χ0n) is 19.2. The Hall–Kier alpha value is -3.41. The monoisotopic (exact) mass is 527 g/mol. The number of carbonyl (C=O) groups excluding carboxylic acids is 1. The third-order valence-electron chi connectivity index (χ3n) is 6.26. The number of rotatable bonds is 5. The number of halogens is 4. The topological polar surface area (TPSA) is 47.3 Å². The van der Waals surface area contributed by atoms with Gasteiger partial charge in [-0.25, -0.2) is 0 Å². The molecule has 0 unspecified atom stereocenters. The number of hydrogen-bond donors (Lipinski definition) is 0. The van der Waals surface area contributed by atoms with E-state index >= 15 is 0 Å². The molecule has 1 aliphatic rings. The van der Waals surface area contributed by atoms with Gasteiger partial charge in [0.05, 0.1) is 34.8 Å². The summed E-state index contributed by atoms with van der Waals surface area (Å²) < 4.78 is 41.1. The third-order valence-corrected chi connectivity index (χ3v) is 6.92. The van der Waals surface area contributed by atoms with E-state index < -0.39 is 29.1 Å². The van der Waals surface area contributed by atoms with E-state index in [1.807, 2.05) is 54.3 Å². The number of benzene rings is 3. The molecule has 2 atom stereocenters. The quantitative estimate of drug-likeness (QED) is 0.343. The molecule has 0 spiro atoms. The van der Waals surface area contributed by atoms with Crippen molar-refractivity contribution in [1.82, 2.24) is 4.90 Å². The molecule has 4 rings (SSSR count). The Balaban J connectivity index is 1.77. The summed E-state index contributed by atoms with van der Waals surface area (Å²) in [7, 11) is 0. The van der Waals surface area contributed by atoms with Crippen LogP contribution in [0.25, 0.3) is 0 Å². The maximum Gasteiger partial charge on any atom is 0.417 e. The highest BCUT2D eigenvalue weighted by Gasteiger charge is 2.41. The number of anilines is 1. The van der Waals surface area contributed by atoms with Crippen molar-refractivity contribution in [3.05, 3.63) is 100 Å². The molecule has 0 bridgehead atoms. The zero-order valence-corrected chi connectivity index (χ0v) is 20.7. The predicted octanol–water partition coefficient (Wildman–Crippen LogP) is 6.78. The Labute approximate surface area is 217 Å². The molecule has 3 aromatic rings. The van der Waals surface area contributed by atoms with E-state index in [0.29, 0.717) is 18.0 Å². The molecule has 1 aliphatic heterocycles. The van der Waals surface area contributed by atoms with Gasteiger partial charge >= 0.3 is 6.18 Å². The van der Waals surface area contributed by atoms with Crippen LogP contribution in [0.2, 0.25) is 5.02 Å². The Morgan fingerprint density at radius 1 is 1.11 bits per heavy atom. The Morgan fingerprint density at radius 3 is 2.39 bits per heavy atom. The molecule has 1 heterocycles. The second-order valence-electron chi connectivity index (χ2n) is 8.56. The van der Waals surface area contributed by atoms with Gasteiger partial charge in [-0.1, -0.05) is 54.1 Å². The standard InChI is InChI=1S/C27H21ClF3N3OS/c1-17(19-5-3-2-4-6-19)33-16-21(13-18-7-10-22(28)11-8-18)25(35)34(26(33)36)23-12-9-20(15-32)24(14-23)27(29,30)31/h2-12,14,17,21H,13,16H2,1H3/t17-,21-/m1/s1. The van der Waals surface area contributed by atoms with Crippen molar-refractivity contribution in [2.24, 2.45) is 5.92 Å². The molecule has 1 amide bonds. The molecule has 0 aromatic heterocycles. The summed E-state index contributed by atoms with van der Waals surface area (Å²) in [4.78, 5) is 16.7. The van der Waals surface area contributed by atoms with E-state index in [1.54, 1.807) is 18.2 Å². The van der Waals surface area contributed by atoms with Crippen molar-refractivity contribution in [3.8, 4) is 6.07 Å². The van der Waals surface area contributed by atoms with Crippen molar-refractivity contribution in [2.45, 2.75) is 25.6 Å². The summed E-state index contributed by atoms with van der Waals surface area (Å²) in [5.41, 5.74) is 0.167. The van der Waals surface area contributed by atoms with Crippen LogP contribution in [0.15, 0.2) is 72.8 Å². The zero-order chi connectivity index (χ0) is 26.0. The van der Waals surface area contributed by atoms with Gasteiger partial charge in [-0.2, -0.15) is 18.4 Å². The second-order valence-corrected chi connectivity index (χ2v) is 9.36. The number of thiocarbonyl (C=S) groups is 1. The fourth-order valence-electron chi connectivity index (χ4n) is 4.33. The van der Waals surface area contributed by atoms with Crippen LogP contribution >= 0.6 is 23.8 Å². The highest BCUT2D eigenvalue weighted by molar-refractivity contribution is 7.80. The summed E-state index contributed by atoms with van der Waals surface area (Å²) in [6, 6.07) is 21.2. The molecule has 184 valence electrons. The van der Waals surface area contributed by atoms with Crippen molar-refractivity contribution < 1.29 is 18.0 Å². The number of nitriles is 1. The van der Waals surface area contributed by atoms with E-state index in [1.165, 1.54) is 6.07 Å². The molecule has 3 aromatic carbocycles. The number of amides is 1. The molecule has 36 heavy (non-hydrogen) atoms. The molecule has 9 heteroatoms.